The predicted octanol–water partition coefficient (Wildman–Crippen LogP) is 3.39. The average Bonchev–Trinajstić information content (AvgIpc) is 3.17. The smallest absolute Gasteiger partial charge is 0.196 e. The Hall–Kier alpha value is -2.67. The van der Waals surface area contributed by atoms with Crippen molar-refractivity contribution in [3.8, 4) is 5.69 Å². The normalized spacial score (nSPS) is 10.8. The molecule has 0 atom stereocenters. The number of thioether (sulfide) groups is 1. The highest BCUT2D eigenvalue weighted by Crippen LogP contribution is 2.23. The molecule has 25 heavy (non-hydrogen) atoms. The zero-order valence-corrected chi connectivity index (χ0v) is 15.1. The van der Waals surface area contributed by atoms with Gasteiger partial charge < -0.3 is 4.98 Å². The lowest BCUT2D eigenvalue weighted by Crippen LogP contribution is -2.06. The second-order valence-electron chi connectivity index (χ2n) is 5.71. The molecule has 0 amide bonds. The van der Waals surface area contributed by atoms with Gasteiger partial charge in [-0.25, -0.2) is 0 Å². The van der Waals surface area contributed by atoms with Gasteiger partial charge in [0, 0.05) is 16.9 Å². The van der Waals surface area contributed by atoms with Crippen molar-refractivity contribution in [2.24, 2.45) is 0 Å². The van der Waals surface area contributed by atoms with Crippen molar-refractivity contribution in [1.29, 1.82) is 0 Å². The molecule has 0 saturated heterocycles. The van der Waals surface area contributed by atoms with E-state index in [1.54, 1.807) is 20.2 Å². The number of carbonyl (C=O) groups excluding carboxylic acids is 2. The maximum Gasteiger partial charge on any atom is 0.196 e. The molecule has 0 aliphatic carbocycles. The monoisotopic (exact) mass is 354 g/mol. The quantitative estimate of drug-likeness (QED) is 0.542. The van der Waals surface area contributed by atoms with Crippen LogP contribution in [-0.4, -0.2) is 37.1 Å². The van der Waals surface area contributed by atoms with E-state index in [9.17, 15) is 9.59 Å². The lowest BCUT2D eigenvalue weighted by Gasteiger charge is -2.05. The maximum absolute atomic E-state index is 12.6. The molecule has 0 aliphatic heterocycles. The summed E-state index contributed by atoms with van der Waals surface area (Å²) >= 11 is 1.32. The number of rotatable bonds is 6. The van der Waals surface area contributed by atoms with Crippen LogP contribution < -0.4 is 0 Å². The van der Waals surface area contributed by atoms with Gasteiger partial charge >= 0.3 is 0 Å². The number of aromatic nitrogens is 4. The Labute approximate surface area is 149 Å². The Kier molecular flexibility index (Phi) is 4.85. The van der Waals surface area contributed by atoms with Gasteiger partial charge in [-0.1, -0.05) is 30.0 Å². The summed E-state index contributed by atoms with van der Waals surface area (Å²) in [6.07, 6.45) is 1.63. The topological polar surface area (TPSA) is 80.6 Å². The number of hydrogen-bond donors (Lipinski definition) is 1. The average molecular weight is 354 g/mol. The molecule has 2 heterocycles. The first kappa shape index (κ1) is 17.2. The van der Waals surface area contributed by atoms with E-state index in [-0.39, 0.29) is 17.3 Å². The number of nitrogens with one attached hydrogen (secondary N) is 1. The van der Waals surface area contributed by atoms with Crippen LogP contribution in [0.1, 0.15) is 39.0 Å². The van der Waals surface area contributed by atoms with Crippen LogP contribution in [-0.2, 0) is 0 Å². The molecule has 0 saturated carbocycles. The number of carbonyl (C=O) groups is 2. The van der Waals surface area contributed by atoms with Crippen LogP contribution in [0.3, 0.4) is 0 Å². The molecule has 2 aromatic heterocycles. The van der Waals surface area contributed by atoms with Gasteiger partial charge in [0.15, 0.2) is 16.7 Å². The Morgan fingerprint density at radius 3 is 2.56 bits per heavy atom. The van der Waals surface area contributed by atoms with Crippen molar-refractivity contribution in [2.45, 2.75) is 25.9 Å². The molecular weight excluding hydrogens is 336 g/mol. The largest absolute Gasteiger partial charge is 0.355 e. The summed E-state index contributed by atoms with van der Waals surface area (Å²) in [4.78, 5) is 27.3. The van der Waals surface area contributed by atoms with Gasteiger partial charge in [-0.15, -0.1) is 10.2 Å². The van der Waals surface area contributed by atoms with Gasteiger partial charge in [-0.2, -0.15) is 0 Å². The van der Waals surface area contributed by atoms with E-state index in [4.69, 9.17) is 0 Å². The van der Waals surface area contributed by atoms with Crippen molar-refractivity contribution < 1.29 is 9.59 Å². The number of hydrogen-bond acceptors (Lipinski definition) is 5. The van der Waals surface area contributed by atoms with E-state index >= 15 is 0 Å². The molecule has 3 aromatic rings. The fourth-order valence-corrected chi connectivity index (χ4v) is 3.65. The number of para-hydroxylation sites is 1. The summed E-state index contributed by atoms with van der Waals surface area (Å²) in [5, 5.41) is 8.67. The SMILES string of the molecule is CC(=O)c1c(C)[nH]c(C(=O)CSc2nncn2-c2ccccc2)c1C. The zero-order valence-electron chi connectivity index (χ0n) is 14.2. The number of aryl methyl sites for hydroxylation is 1. The zero-order chi connectivity index (χ0) is 18.0. The molecule has 0 radical (unpaired) electrons. The lowest BCUT2D eigenvalue weighted by atomic mass is 10.1. The van der Waals surface area contributed by atoms with Crippen LogP contribution in [0.4, 0.5) is 0 Å². The fourth-order valence-electron chi connectivity index (χ4n) is 2.85. The molecule has 0 aliphatic rings. The van der Waals surface area contributed by atoms with E-state index in [0.717, 1.165) is 11.4 Å². The Bertz CT molecular complexity index is 928. The Morgan fingerprint density at radius 1 is 1.20 bits per heavy atom. The van der Waals surface area contributed by atoms with Gasteiger partial charge in [0.25, 0.3) is 0 Å². The summed E-state index contributed by atoms with van der Waals surface area (Å²) in [5.41, 5.74) is 3.46. The second kappa shape index (κ2) is 7.06. The van der Waals surface area contributed by atoms with E-state index < -0.39 is 0 Å². The van der Waals surface area contributed by atoms with Gasteiger partial charge in [-0.3, -0.25) is 14.2 Å². The maximum atomic E-state index is 12.6. The molecule has 0 bridgehead atoms. The summed E-state index contributed by atoms with van der Waals surface area (Å²) in [6.45, 7) is 5.11. The van der Waals surface area contributed by atoms with Crippen molar-refractivity contribution in [3.63, 3.8) is 0 Å². The molecule has 128 valence electrons. The van der Waals surface area contributed by atoms with E-state index in [1.807, 2.05) is 34.9 Å². The highest BCUT2D eigenvalue weighted by molar-refractivity contribution is 7.99. The molecule has 3 rings (SSSR count). The van der Waals surface area contributed by atoms with Crippen molar-refractivity contribution in [1.82, 2.24) is 19.7 Å². The Balaban J connectivity index is 1.78. The first-order valence-electron chi connectivity index (χ1n) is 7.80. The van der Waals surface area contributed by atoms with Crippen LogP contribution in [0.15, 0.2) is 41.8 Å². The third-order valence-corrected chi connectivity index (χ3v) is 4.89. The highest BCUT2D eigenvalue weighted by atomic mass is 32.2. The van der Waals surface area contributed by atoms with Crippen LogP contribution in [0, 0.1) is 13.8 Å². The first-order chi connectivity index (χ1) is 12.0. The standard InChI is InChI=1S/C18H18N4O2S/c1-11-16(13(3)23)12(2)20-17(11)15(24)9-25-18-21-19-10-22(18)14-7-5-4-6-8-14/h4-8,10,20H,9H2,1-3H3. The number of nitrogens with zero attached hydrogens (tertiary/aromatic N) is 3. The third kappa shape index (κ3) is 3.41. The molecule has 1 aromatic carbocycles. The van der Waals surface area contributed by atoms with Crippen LogP contribution >= 0.6 is 11.8 Å². The first-order valence-corrected chi connectivity index (χ1v) is 8.79. The van der Waals surface area contributed by atoms with E-state index in [0.29, 0.717) is 22.0 Å². The predicted molar refractivity (Wildman–Crippen MR) is 96.7 cm³/mol. The number of ketones is 2. The van der Waals surface area contributed by atoms with Crippen LogP contribution in [0.2, 0.25) is 0 Å². The molecule has 7 heteroatoms. The van der Waals surface area contributed by atoms with Crippen molar-refractivity contribution in [2.75, 3.05) is 5.75 Å². The number of benzene rings is 1. The van der Waals surface area contributed by atoms with Gasteiger partial charge in [0.05, 0.1) is 11.4 Å². The summed E-state index contributed by atoms with van der Waals surface area (Å²) < 4.78 is 1.84. The van der Waals surface area contributed by atoms with Crippen molar-refractivity contribution >= 4 is 23.3 Å². The van der Waals surface area contributed by atoms with Crippen molar-refractivity contribution in [3.05, 3.63) is 59.2 Å². The fraction of sp³-hybridized carbons (Fsp3) is 0.222. The minimum atomic E-state index is -0.0688. The molecule has 6 nitrogen and oxygen atoms in total. The van der Waals surface area contributed by atoms with E-state index in [1.165, 1.54) is 18.7 Å². The van der Waals surface area contributed by atoms with Gasteiger partial charge in [0.2, 0.25) is 0 Å². The summed E-state index contributed by atoms with van der Waals surface area (Å²) in [6, 6.07) is 9.71. The summed E-state index contributed by atoms with van der Waals surface area (Å²) in [7, 11) is 0. The molecule has 1 N–H and O–H groups in total. The second-order valence-corrected chi connectivity index (χ2v) is 6.65. The Morgan fingerprint density at radius 2 is 1.92 bits per heavy atom. The van der Waals surface area contributed by atoms with Gasteiger partial charge in [0.1, 0.15) is 6.33 Å². The minimum absolute atomic E-state index is 0.0400. The van der Waals surface area contributed by atoms with Crippen LogP contribution in [0.5, 0.6) is 0 Å². The molecular formula is C18H18N4O2S. The number of Topliss-reactive ketones (excluding diaryl/α,β-unsaturated/α-hetero) is 2. The lowest BCUT2D eigenvalue weighted by molar-refractivity contribution is 0.101. The van der Waals surface area contributed by atoms with Crippen LogP contribution in [0.25, 0.3) is 5.69 Å². The molecule has 0 unspecified atom stereocenters. The number of H-pyrrole nitrogens is 1. The number of aromatic amines is 1. The van der Waals surface area contributed by atoms with E-state index in [2.05, 4.69) is 15.2 Å². The molecule has 0 spiro atoms. The minimum Gasteiger partial charge on any atom is -0.355 e. The third-order valence-electron chi connectivity index (χ3n) is 3.95. The highest BCUT2D eigenvalue weighted by Gasteiger charge is 2.20. The van der Waals surface area contributed by atoms with Gasteiger partial charge in [-0.05, 0) is 38.5 Å². The molecule has 0 fully saturated rings. The summed E-state index contributed by atoms with van der Waals surface area (Å²) in [5.74, 6) is 0.103.